The zero-order valence-corrected chi connectivity index (χ0v) is 14.5. The normalized spacial score (nSPS) is 60.1. The topological polar surface area (TPSA) is 0 Å². The Bertz CT molecular complexity index is 488. The smallest absolute Gasteiger partial charge is 0.0240 e. The summed E-state index contributed by atoms with van der Waals surface area (Å²) >= 11 is 4.15. The number of hydrogen-bond donors (Lipinski definition) is 0. The van der Waals surface area contributed by atoms with E-state index < -0.39 is 0 Å². The molecule has 0 spiro atoms. The van der Waals surface area contributed by atoms with E-state index in [1.54, 1.807) is 44.9 Å². The van der Waals surface area contributed by atoms with Crippen molar-refractivity contribution in [2.75, 3.05) is 0 Å². The van der Waals surface area contributed by atoms with Gasteiger partial charge in [-0.05, 0) is 105 Å². The van der Waals surface area contributed by atoms with Crippen molar-refractivity contribution in [3.8, 4) is 0 Å². The summed E-state index contributed by atoms with van der Waals surface area (Å²) in [6, 6.07) is 0. The van der Waals surface area contributed by atoms with Crippen molar-refractivity contribution in [2.24, 2.45) is 47.3 Å². The maximum absolute atomic E-state index is 4.15. The molecule has 0 heterocycles. The van der Waals surface area contributed by atoms with Crippen LogP contribution < -0.4 is 0 Å². The first-order valence-electron chi connectivity index (χ1n) is 9.64. The Morgan fingerprint density at radius 2 is 1.14 bits per heavy atom. The summed E-state index contributed by atoms with van der Waals surface area (Å²) in [5.74, 6) is 8.40. The SMILES string of the molecule is Br[C@H]1[C@@H]2C[C@H]3C[C@@H](C2)C(=C2C4CC5CC(C4)CC2C5)[C@@H]1C3. The highest BCUT2D eigenvalue weighted by Gasteiger charge is 2.54. The van der Waals surface area contributed by atoms with Crippen LogP contribution in [-0.4, -0.2) is 4.83 Å². The lowest BCUT2D eigenvalue weighted by molar-refractivity contribution is 0.0458. The quantitative estimate of drug-likeness (QED) is 0.397. The first kappa shape index (κ1) is 12.6. The maximum atomic E-state index is 4.15. The average molecular weight is 347 g/mol. The van der Waals surface area contributed by atoms with E-state index in [1.165, 1.54) is 12.8 Å². The third-order valence-electron chi connectivity index (χ3n) is 8.45. The Labute approximate surface area is 137 Å². The summed E-state index contributed by atoms with van der Waals surface area (Å²) in [4.78, 5) is 0.838. The Kier molecular flexibility index (Phi) is 2.52. The lowest BCUT2D eigenvalue weighted by Gasteiger charge is -2.59. The summed E-state index contributed by atoms with van der Waals surface area (Å²) in [5, 5.41) is 0. The van der Waals surface area contributed by atoms with E-state index in [4.69, 9.17) is 0 Å². The minimum atomic E-state index is 0.838. The summed E-state index contributed by atoms with van der Waals surface area (Å²) in [6.07, 6.45) is 14.1. The molecular formula is C20H27Br. The van der Waals surface area contributed by atoms with Gasteiger partial charge in [-0.25, -0.2) is 0 Å². The predicted molar refractivity (Wildman–Crippen MR) is 89.2 cm³/mol. The molecule has 114 valence electrons. The Morgan fingerprint density at radius 1 is 0.571 bits per heavy atom. The van der Waals surface area contributed by atoms with E-state index >= 15 is 0 Å². The Morgan fingerprint density at radius 3 is 1.81 bits per heavy atom. The third kappa shape index (κ3) is 1.63. The van der Waals surface area contributed by atoms with E-state index in [0.717, 1.165) is 52.2 Å². The van der Waals surface area contributed by atoms with Gasteiger partial charge in [-0.1, -0.05) is 27.1 Å². The van der Waals surface area contributed by atoms with Gasteiger partial charge in [-0.15, -0.1) is 0 Å². The van der Waals surface area contributed by atoms with Gasteiger partial charge in [0.1, 0.15) is 0 Å². The lowest BCUT2D eigenvalue weighted by atomic mass is 9.48. The molecule has 0 aromatic heterocycles. The number of rotatable bonds is 0. The van der Waals surface area contributed by atoms with Crippen LogP contribution in [0.25, 0.3) is 0 Å². The zero-order valence-electron chi connectivity index (χ0n) is 12.9. The van der Waals surface area contributed by atoms with Gasteiger partial charge < -0.3 is 0 Å². The molecule has 0 N–H and O–H groups in total. The van der Waals surface area contributed by atoms with Crippen molar-refractivity contribution in [2.45, 2.75) is 62.6 Å². The highest BCUT2D eigenvalue weighted by Crippen LogP contribution is 2.64. The summed E-state index contributed by atoms with van der Waals surface area (Å²) in [7, 11) is 0. The lowest BCUT2D eigenvalue weighted by Crippen LogP contribution is -2.50. The van der Waals surface area contributed by atoms with E-state index in [0.29, 0.717) is 0 Å². The standard InChI is InChI=1S/C20H27Br/c21-20-16-7-12-6-15(9-16)19(17(20)8-12)18-13-2-10-1-11(4-13)5-14(18)3-10/h10-17,20H,1-9H2/t10?,11?,12-,13?,14?,15+,16-,17+,20+/m1/s1. The molecule has 0 radical (unpaired) electrons. The maximum Gasteiger partial charge on any atom is 0.0240 e. The molecule has 21 heavy (non-hydrogen) atoms. The molecule has 8 bridgehead atoms. The van der Waals surface area contributed by atoms with Crippen LogP contribution in [0.5, 0.6) is 0 Å². The molecule has 0 amide bonds. The molecule has 5 atom stereocenters. The molecule has 0 aromatic carbocycles. The van der Waals surface area contributed by atoms with Crippen LogP contribution in [0, 0.1) is 47.3 Å². The van der Waals surface area contributed by atoms with Gasteiger partial charge in [0.15, 0.2) is 0 Å². The highest BCUT2D eigenvalue weighted by atomic mass is 79.9. The van der Waals surface area contributed by atoms with E-state index in [1.807, 2.05) is 0 Å². The third-order valence-corrected chi connectivity index (χ3v) is 9.84. The summed E-state index contributed by atoms with van der Waals surface area (Å²) in [6.45, 7) is 0. The van der Waals surface area contributed by atoms with Crippen LogP contribution in [0.1, 0.15) is 57.8 Å². The molecule has 0 aliphatic heterocycles. The van der Waals surface area contributed by atoms with Crippen LogP contribution >= 0.6 is 15.9 Å². The van der Waals surface area contributed by atoms with Crippen molar-refractivity contribution in [3.05, 3.63) is 11.1 Å². The fourth-order valence-electron chi connectivity index (χ4n) is 8.22. The van der Waals surface area contributed by atoms with Gasteiger partial charge in [0.05, 0.1) is 0 Å². The van der Waals surface area contributed by atoms with Crippen LogP contribution in [0.4, 0.5) is 0 Å². The molecule has 8 rings (SSSR count). The fourth-order valence-corrected chi connectivity index (χ4v) is 9.16. The van der Waals surface area contributed by atoms with Gasteiger partial charge in [0, 0.05) is 4.83 Å². The van der Waals surface area contributed by atoms with Crippen molar-refractivity contribution < 1.29 is 0 Å². The molecule has 0 unspecified atom stereocenters. The van der Waals surface area contributed by atoms with Gasteiger partial charge in [0.25, 0.3) is 0 Å². The minimum absolute atomic E-state index is 0.838. The monoisotopic (exact) mass is 346 g/mol. The summed E-state index contributed by atoms with van der Waals surface area (Å²) < 4.78 is 0. The number of hydrogen-bond acceptors (Lipinski definition) is 0. The van der Waals surface area contributed by atoms with Crippen LogP contribution in [0.2, 0.25) is 0 Å². The van der Waals surface area contributed by atoms with Crippen molar-refractivity contribution in [3.63, 3.8) is 0 Å². The first-order valence-corrected chi connectivity index (χ1v) is 10.6. The fraction of sp³-hybridized carbons (Fsp3) is 0.900. The molecule has 8 aliphatic rings. The molecule has 0 saturated heterocycles. The van der Waals surface area contributed by atoms with Gasteiger partial charge in [0.2, 0.25) is 0 Å². The van der Waals surface area contributed by atoms with Gasteiger partial charge >= 0.3 is 0 Å². The highest BCUT2D eigenvalue weighted by molar-refractivity contribution is 9.09. The second-order valence-corrected chi connectivity index (χ2v) is 10.6. The number of halogens is 1. The van der Waals surface area contributed by atoms with Crippen molar-refractivity contribution in [1.29, 1.82) is 0 Å². The van der Waals surface area contributed by atoms with E-state index in [9.17, 15) is 0 Å². The van der Waals surface area contributed by atoms with Crippen LogP contribution in [0.15, 0.2) is 11.1 Å². The van der Waals surface area contributed by atoms with Crippen LogP contribution in [-0.2, 0) is 0 Å². The largest absolute Gasteiger partial charge is 0.0881 e. The van der Waals surface area contributed by atoms with Crippen LogP contribution in [0.3, 0.4) is 0 Å². The van der Waals surface area contributed by atoms with Gasteiger partial charge in [-0.2, -0.15) is 0 Å². The van der Waals surface area contributed by atoms with E-state index in [2.05, 4.69) is 27.1 Å². The first-order chi connectivity index (χ1) is 10.3. The minimum Gasteiger partial charge on any atom is -0.0881 e. The van der Waals surface area contributed by atoms with E-state index in [-0.39, 0.29) is 0 Å². The molecule has 0 aromatic rings. The summed E-state index contributed by atoms with van der Waals surface area (Å²) in [5.41, 5.74) is 4.12. The van der Waals surface area contributed by atoms with Crippen molar-refractivity contribution >= 4 is 15.9 Å². The number of allylic oxidation sites excluding steroid dienone is 2. The average Bonchev–Trinajstić information content (AvgIpc) is 2.45. The second kappa shape index (κ2) is 4.19. The van der Waals surface area contributed by atoms with Crippen molar-refractivity contribution in [1.82, 2.24) is 0 Å². The molecule has 8 fully saturated rings. The number of alkyl halides is 1. The Balaban J connectivity index is 1.47. The molecule has 8 aliphatic carbocycles. The second-order valence-electron chi connectivity index (χ2n) is 9.53. The molecule has 1 heteroatoms. The van der Waals surface area contributed by atoms with Gasteiger partial charge in [-0.3, -0.25) is 0 Å². The molecular weight excluding hydrogens is 320 g/mol. The molecule has 0 nitrogen and oxygen atoms in total. The predicted octanol–water partition coefficient (Wildman–Crippen LogP) is 5.57. The molecule has 8 saturated carbocycles. The Hall–Kier alpha value is 0.220. The zero-order chi connectivity index (χ0) is 13.7.